The van der Waals surface area contributed by atoms with Gasteiger partial charge in [0.05, 0.1) is 18.2 Å². The van der Waals surface area contributed by atoms with Gasteiger partial charge in [-0.2, -0.15) is 0 Å². The van der Waals surface area contributed by atoms with E-state index in [9.17, 15) is 9.59 Å². The minimum atomic E-state index is -0.379. The summed E-state index contributed by atoms with van der Waals surface area (Å²) in [6.07, 6.45) is 6.31. The number of tetrazole rings is 1. The zero-order valence-electron chi connectivity index (χ0n) is 21.4. The van der Waals surface area contributed by atoms with E-state index in [1.54, 1.807) is 6.92 Å². The van der Waals surface area contributed by atoms with Crippen LogP contribution in [-0.2, 0) is 22.6 Å². The summed E-state index contributed by atoms with van der Waals surface area (Å²) in [4.78, 5) is 30.8. The molecule has 2 aliphatic rings. The molecule has 1 atom stereocenters. The Labute approximate surface area is 215 Å². The molecule has 1 fully saturated rings. The van der Waals surface area contributed by atoms with Crippen LogP contribution >= 0.6 is 0 Å². The second-order valence-electron chi connectivity index (χ2n) is 9.59. The fraction of sp³-hybridized carbons (Fsp3) is 0.577. The molecular formula is C26H34N6O5. The molecule has 1 aromatic carbocycles. The van der Waals surface area contributed by atoms with Gasteiger partial charge in [0.15, 0.2) is 17.3 Å². The lowest BCUT2D eigenvalue weighted by Crippen LogP contribution is -2.41. The van der Waals surface area contributed by atoms with E-state index in [4.69, 9.17) is 14.2 Å². The molecule has 0 radical (unpaired) electrons. The van der Waals surface area contributed by atoms with E-state index in [2.05, 4.69) is 32.3 Å². The summed E-state index contributed by atoms with van der Waals surface area (Å²) in [6.45, 7) is 5.54. The van der Waals surface area contributed by atoms with Crippen LogP contribution in [0.5, 0.6) is 11.5 Å². The number of fused-ring (bicyclic) bond motifs is 2. The molecule has 1 saturated carbocycles. The number of aromatic amines is 1. The number of carbonyl (C=O) groups excluding carboxylic acids is 1. The third-order valence-electron chi connectivity index (χ3n) is 7.21. The third kappa shape index (κ3) is 5.46. The maximum absolute atomic E-state index is 13.2. The summed E-state index contributed by atoms with van der Waals surface area (Å²) in [5.41, 5.74) is 1.25. The predicted molar refractivity (Wildman–Crippen MR) is 135 cm³/mol. The van der Waals surface area contributed by atoms with Crippen molar-refractivity contribution in [1.82, 2.24) is 30.1 Å². The van der Waals surface area contributed by atoms with Crippen LogP contribution in [0.4, 0.5) is 0 Å². The number of nitrogens with one attached hydrogen (secondary N) is 1. The number of rotatable bonds is 9. The van der Waals surface area contributed by atoms with Crippen LogP contribution in [0.2, 0.25) is 0 Å². The highest BCUT2D eigenvalue weighted by atomic mass is 16.6. The predicted octanol–water partition coefficient (Wildman–Crippen LogP) is 3.13. The van der Waals surface area contributed by atoms with Crippen molar-refractivity contribution in [2.45, 2.75) is 77.5 Å². The average molecular weight is 511 g/mol. The van der Waals surface area contributed by atoms with Gasteiger partial charge in [0.25, 0.3) is 5.56 Å². The Morgan fingerprint density at radius 1 is 1.16 bits per heavy atom. The first kappa shape index (κ1) is 25.2. The number of nitrogens with zero attached hydrogens (tertiary/aromatic N) is 5. The Balaban J connectivity index is 1.49. The number of esters is 1. The van der Waals surface area contributed by atoms with Crippen LogP contribution in [0.25, 0.3) is 10.9 Å². The fourth-order valence-corrected chi connectivity index (χ4v) is 5.47. The van der Waals surface area contributed by atoms with Crippen LogP contribution in [0.15, 0.2) is 23.0 Å². The molecule has 1 aliphatic carbocycles. The van der Waals surface area contributed by atoms with Gasteiger partial charge in [-0.25, -0.2) is 4.68 Å². The molecule has 37 heavy (non-hydrogen) atoms. The van der Waals surface area contributed by atoms with Gasteiger partial charge in [0, 0.05) is 29.6 Å². The summed E-state index contributed by atoms with van der Waals surface area (Å²) < 4.78 is 18.1. The van der Waals surface area contributed by atoms with Crippen molar-refractivity contribution < 1.29 is 19.0 Å². The molecule has 11 nitrogen and oxygen atoms in total. The highest BCUT2D eigenvalue weighted by Gasteiger charge is 2.32. The van der Waals surface area contributed by atoms with Crippen molar-refractivity contribution >= 4 is 16.9 Å². The normalized spacial score (nSPS) is 16.7. The number of ether oxygens (including phenoxy) is 3. The largest absolute Gasteiger partial charge is 0.486 e. The molecule has 2 aromatic heterocycles. The second kappa shape index (κ2) is 11.3. The van der Waals surface area contributed by atoms with E-state index in [1.165, 1.54) is 11.1 Å². The van der Waals surface area contributed by atoms with Crippen molar-refractivity contribution in [1.29, 1.82) is 0 Å². The molecule has 0 spiro atoms. The molecule has 1 aliphatic heterocycles. The van der Waals surface area contributed by atoms with E-state index in [0.717, 1.165) is 37.5 Å². The first-order valence-electron chi connectivity index (χ1n) is 13.2. The van der Waals surface area contributed by atoms with E-state index in [-0.39, 0.29) is 30.2 Å². The van der Waals surface area contributed by atoms with Crippen LogP contribution in [0, 0.1) is 0 Å². The highest BCUT2D eigenvalue weighted by Crippen LogP contribution is 2.35. The number of H-pyrrole nitrogens is 1. The lowest BCUT2D eigenvalue weighted by atomic mass is 9.92. The minimum absolute atomic E-state index is 0.0467. The fourth-order valence-electron chi connectivity index (χ4n) is 5.47. The Morgan fingerprint density at radius 2 is 1.92 bits per heavy atom. The van der Waals surface area contributed by atoms with Crippen molar-refractivity contribution in [2.24, 2.45) is 0 Å². The Bertz CT molecular complexity index is 1300. The van der Waals surface area contributed by atoms with Crippen LogP contribution < -0.4 is 15.0 Å². The SMILES string of the molecule is CCOC(=O)Cn1nnnc1C(CC)N(Cc1cc2cc3c(cc2[nH]c1=O)OCCO3)C1CCCCC1. The number of hydrogen-bond acceptors (Lipinski definition) is 9. The van der Waals surface area contributed by atoms with E-state index < -0.39 is 0 Å². The maximum atomic E-state index is 13.2. The van der Waals surface area contributed by atoms with Gasteiger partial charge in [-0.3, -0.25) is 14.5 Å². The van der Waals surface area contributed by atoms with Gasteiger partial charge in [-0.1, -0.05) is 26.2 Å². The molecule has 3 aromatic rings. The molecule has 1 N–H and O–H groups in total. The third-order valence-corrected chi connectivity index (χ3v) is 7.21. The lowest BCUT2D eigenvalue weighted by Gasteiger charge is -2.39. The molecule has 0 amide bonds. The summed E-state index contributed by atoms with van der Waals surface area (Å²) >= 11 is 0. The molecule has 198 valence electrons. The van der Waals surface area contributed by atoms with Crippen molar-refractivity contribution in [3.8, 4) is 11.5 Å². The minimum Gasteiger partial charge on any atom is -0.486 e. The van der Waals surface area contributed by atoms with Gasteiger partial charge < -0.3 is 19.2 Å². The Morgan fingerprint density at radius 3 is 2.65 bits per heavy atom. The first-order chi connectivity index (χ1) is 18.1. The Kier molecular flexibility index (Phi) is 7.68. The first-order valence-corrected chi connectivity index (χ1v) is 13.2. The summed E-state index contributed by atoms with van der Waals surface area (Å²) in [7, 11) is 0. The molecule has 1 unspecified atom stereocenters. The van der Waals surface area contributed by atoms with Crippen LogP contribution in [-0.4, -0.2) is 61.9 Å². The van der Waals surface area contributed by atoms with Gasteiger partial charge in [-0.05, 0) is 48.7 Å². The summed E-state index contributed by atoms with van der Waals surface area (Å²) in [5.74, 6) is 1.56. The van der Waals surface area contributed by atoms with Crippen LogP contribution in [0.3, 0.4) is 0 Å². The molecule has 3 heterocycles. The highest BCUT2D eigenvalue weighted by molar-refractivity contribution is 5.83. The molecule has 0 saturated heterocycles. The monoisotopic (exact) mass is 510 g/mol. The van der Waals surface area contributed by atoms with Gasteiger partial charge in [-0.15, -0.1) is 5.10 Å². The van der Waals surface area contributed by atoms with Gasteiger partial charge in [0.2, 0.25) is 0 Å². The number of carbonyl (C=O) groups is 1. The zero-order chi connectivity index (χ0) is 25.8. The number of pyridine rings is 1. The van der Waals surface area contributed by atoms with Gasteiger partial charge in [0.1, 0.15) is 19.8 Å². The van der Waals surface area contributed by atoms with Crippen LogP contribution in [0.1, 0.15) is 69.8 Å². The molecule has 0 bridgehead atoms. The van der Waals surface area contributed by atoms with E-state index in [1.807, 2.05) is 18.2 Å². The Hall–Kier alpha value is -3.47. The average Bonchev–Trinajstić information content (AvgIpc) is 3.36. The van der Waals surface area contributed by atoms with E-state index >= 15 is 0 Å². The second-order valence-corrected chi connectivity index (χ2v) is 9.59. The molecule has 11 heteroatoms. The van der Waals surface area contributed by atoms with E-state index in [0.29, 0.717) is 54.8 Å². The molecule has 5 rings (SSSR count). The van der Waals surface area contributed by atoms with Gasteiger partial charge >= 0.3 is 5.97 Å². The summed E-state index contributed by atoms with van der Waals surface area (Å²) in [6, 6.07) is 5.80. The van der Waals surface area contributed by atoms with Crippen molar-refractivity contribution in [2.75, 3.05) is 19.8 Å². The summed E-state index contributed by atoms with van der Waals surface area (Å²) in [5, 5.41) is 13.2. The topological polar surface area (TPSA) is 124 Å². The number of aromatic nitrogens is 5. The number of benzene rings is 1. The maximum Gasteiger partial charge on any atom is 0.327 e. The standard InChI is InChI=1S/C26H34N6O5/c1-3-21(25-28-29-30-32(25)16-24(33)35-4-2)31(19-8-6-5-7-9-19)15-18-12-17-13-22-23(37-11-10-36-22)14-20(17)27-26(18)34/h12-14,19,21H,3-11,15-16H2,1-2H3,(H,27,34). The molecular weight excluding hydrogens is 476 g/mol. The smallest absolute Gasteiger partial charge is 0.327 e. The quantitative estimate of drug-likeness (QED) is 0.432. The number of hydrogen-bond donors (Lipinski definition) is 1. The van der Waals surface area contributed by atoms with Crippen molar-refractivity contribution in [3.05, 3.63) is 39.9 Å². The van der Waals surface area contributed by atoms with Crippen molar-refractivity contribution in [3.63, 3.8) is 0 Å². The zero-order valence-corrected chi connectivity index (χ0v) is 21.4. The lowest BCUT2D eigenvalue weighted by molar-refractivity contribution is -0.144.